The van der Waals surface area contributed by atoms with Crippen LogP contribution in [-0.4, -0.2) is 18.6 Å². The Morgan fingerprint density at radius 2 is 2.33 bits per heavy atom. The van der Waals surface area contributed by atoms with Gasteiger partial charge in [0.1, 0.15) is 5.75 Å². The molecule has 3 N–H and O–H groups in total. The molecule has 0 bridgehead atoms. The standard InChI is InChI=1S/C14H20N2O2/c1-9(2)16-14(17)8-18-13-5-3-4-10-11(13)6-7-12(10)15/h3-5,9,12H,6-8,15H2,1-2H3,(H,16,17). The number of hydrogen-bond acceptors (Lipinski definition) is 3. The Kier molecular flexibility index (Phi) is 3.87. The maximum atomic E-state index is 11.5. The van der Waals surface area contributed by atoms with Crippen molar-refractivity contribution >= 4 is 5.91 Å². The Hall–Kier alpha value is -1.55. The van der Waals surface area contributed by atoms with Gasteiger partial charge in [0.15, 0.2) is 6.61 Å². The Morgan fingerprint density at radius 1 is 1.56 bits per heavy atom. The van der Waals surface area contributed by atoms with Crippen LogP contribution < -0.4 is 15.8 Å². The summed E-state index contributed by atoms with van der Waals surface area (Å²) in [5.41, 5.74) is 8.31. The van der Waals surface area contributed by atoms with E-state index in [0.717, 1.165) is 29.7 Å². The van der Waals surface area contributed by atoms with Crippen LogP contribution in [0.25, 0.3) is 0 Å². The van der Waals surface area contributed by atoms with Crippen LogP contribution in [0.2, 0.25) is 0 Å². The predicted molar refractivity (Wildman–Crippen MR) is 70.5 cm³/mol. The quantitative estimate of drug-likeness (QED) is 0.849. The van der Waals surface area contributed by atoms with Crippen LogP contribution >= 0.6 is 0 Å². The third kappa shape index (κ3) is 2.82. The summed E-state index contributed by atoms with van der Waals surface area (Å²) in [5.74, 6) is 0.698. The number of fused-ring (bicyclic) bond motifs is 1. The third-order valence-electron chi connectivity index (χ3n) is 3.08. The molecule has 0 aromatic heterocycles. The maximum Gasteiger partial charge on any atom is 0.258 e. The first-order valence-corrected chi connectivity index (χ1v) is 6.37. The molecule has 0 fully saturated rings. The van der Waals surface area contributed by atoms with Crippen molar-refractivity contribution in [3.05, 3.63) is 29.3 Å². The Bertz CT molecular complexity index is 443. The van der Waals surface area contributed by atoms with Crippen molar-refractivity contribution in [2.45, 2.75) is 38.8 Å². The lowest BCUT2D eigenvalue weighted by Gasteiger charge is -2.12. The van der Waals surface area contributed by atoms with Gasteiger partial charge in [0.25, 0.3) is 5.91 Å². The maximum absolute atomic E-state index is 11.5. The molecule has 0 radical (unpaired) electrons. The molecule has 0 saturated carbocycles. The minimum absolute atomic E-state index is 0.0594. The van der Waals surface area contributed by atoms with Gasteiger partial charge in [-0.3, -0.25) is 4.79 Å². The van der Waals surface area contributed by atoms with Gasteiger partial charge < -0.3 is 15.8 Å². The number of benzene rings is 1. The summed E-state index contributed by atoms with van der Waals surface area (Å²) in [4.78, 5) is 11.5. The van der Waals surface area contributed by atoms with Crippen LogP contribution in [0.3, 0.4) is 0 Å². The second-order valence-corrected chi connectivity index (χ2v) is 4.98. The lowest BCUT2D eigenvalue weighted by atomic mass is 10.1. The second-order valence-electron chi connectivity index (χ2n) is 4.98. The lowest BCUT2D eigenvalue weighted by Crippen LogP contribution is -2.34. The van der Waals surface area contributed by atoms with Crippen molar-refractivity contribution in [3.8, 4) is 5.75 Å². The van der Waals surface area contributed by atoms with Gasteiger partial charge in [-0.2, -0.15) is 0 Å². The van der Waals surface area contributed by atoms with Gasteiger partial charge >= 0.3 is 0 Å². The number of rotatable bonds is 4. The molecule has 2 rings (SSSR count). The Labute approximate surface area is 108 Å². The van der Waals surface area contributed by atoms with Crippen LogP contribution in [0, 0.1) is 0 Å². The average molecular weight is 248 g/mol. The molecule has 98 valence electrons. The summed E-state index contributed by atoms with van der Waals surface area (Å²) in [6.07, 6.45) is 1.88. The molecular weight excluding hydrogens is 228 g/mol. The van der Waals surface area contributed by atoms with Gasteiger partial charge in [-0.1, -0.05) is 12.1 Å². The third-order valence-corrected chi connectivity index (χ3v) is 3.08. The molecule has 1 aromatic carbocycles. The number of hydrogen-bond donors (Lipinski definition) is 2. The van der Waals surface area contributed by atoms with Crippen molar-refractivity contribution in [1.29, 1.82) is 0 Å². The fraction of sp³-hybridized carbons (Fsp3) is 0.500. The second kappa shape index (κ2) is 5.40. The predicted octanol–water partition coefficient (Wildman–Crippen LogP) is 1.54. The molecule has 0 heterocycles. The van der Waals surface area contributed by atoms with E-state index in [0.29, 0.717) is 0 Å². The topological polar surface area (TPSA) is 64.3 Å². The highest BCUT2D eigenvalue weighted by Gasteiger charge is 2.22. The van der Waals surface area contributed by atoms with E-state index in [9.17, 15) is 4.79 Å². The molecule has 1 unspecified atom stereocenters. The van der Waals surface area contributed by atoms with Crippen LogP contribution in [0.1, 0.15) is 37.4 Å². The molecule has 0 saturated heterocycles. The van der Waals surface area contributed by atoms with E-state index in [1.54, 1.807) is 0 Å². The molecule has 4 heteroatoms. The number of carbonyl (C=O) groups excluding carboxylic acids is 1. The summed E-state index contributed by atoms with van der Waals surface area (Å²) in [6.45, 7) is 3.91. The number of nitrogens with one attached hydrogen (secondary N) is 1. The first-order chi connectivity index (χ1) is 8.58. The molecule has 1 amide bonds. The van der Waals surface area contributed by atoms with Crippen molar-refractivity contribution in [2.24, 2.45) is 5.73 Å². The number of ether oxygens (including phenoxy) is 1. The van der Waals surface area contributed by atoms with Gasteiger partial charge in [-0.15, -0.1) is 0 Å². The molecule has 1 aliphatic carbocycles. The summed E-state index contributed by atoms with van der Waals surface area (Å²) in [6, 6.07) is 6.11. The fourth-order valence-electron chi connectivity index (χ4n) is 2.30. The SMILES string of the molecule is CC(C)NC(=O)COc1cccc2c1CCC2N. The monoisotopic (exact) mass is 248 g/mol. The highest BCUT2D eigenvalue weighted by molar-refractivity contribution is 5.77. The van der Waals surface area contributed by atoms with E-state index in [-0.39, 0.29) is 24.6 Å². The lowest BCUT2D eigenvalue weighted by molar-refractivity contribution is -0.123. The van der Waals surface area contributed by atoms with Crippen molar-refractivity contribution in [2.75, 3.05) is 6.61 Å². The smallest absolute Gasteiger partial charge is 0.258 e. The minimum Gasteiger partial charge on any atom is -0.483 e. The fourth-order valence-corrected chi connectivity index (χ4v) is 2.30. The molecule has 18 heavy (non-hydrogen) atoms. The van der Waals surface area contributed by atoms with E-state index in [1.165, 1.54) is 0 Å². The largest absolute Gasteiger partial charge is 0.483 e. The van der Waals surface area contributed by atoms with E-state index in [2.05, 4.69) is 5.32 Å². The summed E-state index contributed by atoms with van der Waals surface area (Å²) < 4.78 is 5.59. The Balaban J connectivity index is 2.01. The summed E-state index contributed by atoms with van der Waals surface area (Å²) in [5, 5.41) is 2.80. The highest BCUT2D eigenvalue weighted by Crippen LogP contribution is 2.35. The number of carbonyl (C=O) groups is 1. The van der Waals surface area contributed by atoms with Gasteiger partial charge in [-0.05, 0) is 43.9 Å². The molecule has 4 nitrogen and oxygen atoms in total. The van der Waals surface area contributed by atoms with Gasteiger partial charge in [0.2, 0.25) is 0 Å². The van der Waals surface area contributed by atoms with Gasteiger partial charge in [0, 0.05) is 12.1 Å². The van der Waals surface area contributed by atoms with Crippen molar-refractivity contribution in [3.63, 3.8) is 0 Å². The minimum atomic E-state index is -0.0927. The summed E-state index contributed by atoms with van der Waals surface area (Å²) in [7, 11) is 0. The molecule has 1 atom stereocenters. The zero-order chi connectivity index (χ0) is 13.1. The first kappa shape index (κ1) is 12.9. The zero-order valence-electron chi connectivity index (χ0n) is 10.9. The highest BCUT2D eigenvalue weighted by atomic mass is 16.5. The van der Waals surface area contributed by atoms with E-state index in [1.807, 2.05) is 32.0 Å². The van der Waals surface area contributed by atoms with Crippen LogP contribution in [0.5, 0.6) is 5.75 Å². The van der Waals surface area contributed by atoms with E-state index in [4.69, 9.17) is 10.5 Å². The van der Waals surface area contributed by atoms with Gasteiger partial charge in [-0.25, -0.2) is 0 Å². The van der Waals surface area contributed by atoms with Crippen LogP contribution in [0.15, 0.2) is 18.2 Å². The molecule has 0 spiro atoms. The number of nitrogens with two attached hydrogens (primary N) is 1. The normalized spacial score (nSPS) is 17.7. The van der Waals surface area contributed by atoms with E-state index < -0.39 is 0 Å². The molecule has 1 aromatic rings. The van der Waals surface area contributed by atoms with Gasteiger partial charge in [0.05, 0.1) is 0 Å². The van der Waals surface area contributed by atoms with Crippen LogP contribution in [-0.2, 0) is 11.2 Å². The van der Waals surface area contributed by atoms with Crippen molar-refractivity contribution in [1.82, 2.24) is 5.32 Å². The molecular formula is C14H20N2O2. The molecule has 0 aliphatic heterocycles. The average Bonchev–Trinajstić information content (AvgIpc) is 2.68. The first-order valence-electron chi connectivity index (χ1n) is 6.37. The Morgan fingerprint density at radius 3 is 3.06 bits per heavy atom. The molecule has 1 aliphatic rings. The van der Waals surface area contributed by atoms with E-state index >= 15 is 0 Å². The number of amides is 1. The summed E-state index contributed by atoms with van der Waals surface area (Å²) >= 11 is 0. The zero-order valence-corrected chi connectivity index (χ0v) is 10.9. The van der Waals surface area contributed by atoms with Crippen LogP contribution in [0.4, 0.5) is 0 Å². The van der Waals surface area contributed by atoms with Crippen molar-refractivity contribution < 1.29 is 9.53 Å².